The van der Waals surface area contributed by atoms with E-state index in [-0.39, 0.29) is 11.5 Å². The number of carbonyl (C=O) groups excluding carboxylic acids is 1. The van der Waals surface area contributed by atoms with Gasteiger partial charge in [-0.1, -0.05) is 11.6 Å². The van der Waals surface area contributed by atoms with E-state index in [4.69, 9.17) is 17.3 Å². The molecule has 1 aromatic rings. The van der Waals surface area contributed by atoms with E-state index in [2.05, 4.69) is 5.32 Å². The quantitative estimate of drug-likeness (QED) is 0.771. The third-order valence-corrected chi connectivity index (χ3v) is 3.71. The van der Waals surface area contributed by atoms with Crippen LogP contribution in [0.2, 0.25) is 5.02 Å². The Labute approximate surface area is 115 Å². The Balaban J connectivity index is 2.37. The first kappa shape index (κ1) is 13.7. The molecule has 6 heteroatoms. The summed E-state index contributed by atoms with van der Waals surface area (Å²) in [5.41, 5.74) is 4.78. The summed E-state index contributed by atoms with van der Waals surface area (Å²) >= 11 is 5.82. The highest BCUT2D eigenvalue weighted by molar-refractivity contribution is 6.31. The number of amides is 1. The Morgan fingerprint density at radius 3 is 2.58 bits per heavy atom. The minimum absolute atomic E-state index is 0.0569. The lowest BCUT2D eigenvalue weighted by Crippen LogP contribution is -2.46. The number of nitrogens with two attached hydrogens (primary N) is 1. The molecular weight excluding hydrogens is 268 g/mol. The Morgan fingerprint density at radius 1 is 1.47 bits per heavy atom. The number of hydrogen-bond donors (Lipinski definition) is 3. The summed E-state index contributed by atoms with van der Waals surface area (Å²) in [6, 6.07) is 4.60. The SMILES string of the molecule is CC(Nc1ccc(Cl)cc1C(N)=O)(C(=O)O)C1CC1. The molecule has 0 heterocycles. The molecule has 2 rings (SSSR count). The summed E-state index contributed by atoms with van der Waals surface area (Å²) in [6.45, 7) is 1.62. The molecule has 4 N–H and O–H groups in total. The highest BCUT2D eigenvalue weighted by Crippen LogP contribution is 2.42. The first-order valence-corrected chi connectivity index (χ1v) is 6.33. The smallest absolute Gasteiger partial charge is 0.329 e. The second-order valence-corrected chi connectivity index (χ2v) is 5.40. The molecule has 1 fully saturated rings. The highest BCUT2D eigenvalue weighted by Gasteiger charge is 2.47. The van der Waals surface area contributed by atoms with Crippen LogP contribution in [0.5, 0.6) is 0 Å². The van der Waals surface area contributed by atoms with E-state index >= 15 is 0 Å². The molecule has 0 bridgehead atoms. The number of halogens is 1. The molecule has 1 aliphatic carbocycles. The van der Waals surface area contributed by atoms with Crippen LogP contribution in [-0.4, -0.2) is 22.5 Å². The number of benzene rings is 1. The predicted molar refractivity (Wildman–Crippen MR) is 72.4 cm³/mol. The van der Waals surface area contributed by atoms with Gasteiger partial charge in [0.05, 0.1) is 5.56 Å². The summed E-state index contributed by atoms with van der Waals surface area (Å²) in [6.07, 6.45) is 1.71. The maximum Gasteiger partial charge on any atom is 0.329 e. The van der Waals surface area contributed by atoms with Gasteiger partial charge in [-0.2, -0.15) is 0 Å². The van der Waals surface area contributed by atoms with Crippen molar-refractivity contribution in [2.45, 2.75) is 25.3 Å². The number of primary amides is 1. The number of carbonyl (C=O) groups is 2. The Kier molecular flexibility index (Phi) is 3.41. The monoisotopic (exact) mass is 282 g/mol. The fourth-order valence-corrected chi connectivity index (χ4v) is 2.27. The number of rotatable bonds is 5. The van der Waals surface area contributed by atoms with Gasteiger partial charge in [-0.25, -0.2) is 4.79 Å². The number of anilines is 1. The molecule has 5 nitrogen and oxygen atoms in total. The van der Waals surface area contributed by atoms with E-state index < -0.39 is 17.4 Å². The van der Waals surface area contributed by atoms with Gasteiger partial charge in [0.1, 0.15) is 5.54 Å². The molecule has 102 valence electrons. The number of nitrogens with one attached hydrogen (secondary N) is 1. The van der Waals surface area contributed by atoms with Crippen molar-refractivity contribution in [3.05, 3.63) is 28.8 Å². The van der Waals surface area contributed by atoms with Gasteiger partial charge in [-0.05, 0) is 43.9 Å². The van der Waals surface area contributed by atoms with E-state index in [1.54, 1.807) is 19.1 Å². The molecule has 1 amide bonds. The summed E-state index contributed by atoms with van der Waals surface area (Å²) < 4.78 is 0. The Bertz CT molecular complexity index is 543. The van der Waals surface area contributed by atoms with Crippen molar-refractivity contribution in [3.63, 3.8) is 0 Å². The molecular formula is C13H15ClN2O3. The van der Waals surface area contributed by atoms with Gasteiger partial charge in [0.2, 0.25) is 0 Å². The molecule has 1 unspecified atom stereocenters. The van der Waals surface area contributed by atoms with Crippen LogP contribution < -0.4 is 11.1 Å². The summed E-state index contributed by atoms with van der Waals surface area (Å²) in [5, 5.41) is 12.7. The van der Waals surface area contributed by atoms with Gasteiger partial charge < -0.3 is 16.2 Å². The van der Waals surface area contributed by atoms with E-state index in [1.807, 2.05) is 0 Å². The van der Waals surface area contributed by atoms with E-state index in [0.29, 0.717) is 10.7 Å². The maximum absolute atomic E-state index is 11.5. The van der Waals surface area contributed by atoms with Crippen molar-refractivity contribution < 1.29 is 14.7 Å². The van der Waals surface area contributed by atoms with Crippen LogP contribution in [0, 0.1) is 5.92 Å². The summed E-state index contributed by atoms with van der Waals surface area (Å²) in [5.74, 6) is -1.53. The molecule has 0 aromatic heterocycles. The zero-order valence-electron chi connectivity index (χ0n) is 10.4. The van der Waals surface area contributed by atoms with Crippen molar-refractivity contribution >= 4 is 29.2 Å². The lowest BCUT2D eigenvalue weighted by atomic mass is 9.95. The first-order chi connectivity index (χ1) is 8.84. The average molecular weight is 283 g/mol. The third-order valence-electron chi connectivity index (χ3n) is 3.48. The fourth-order valence-electron chi connectivity index (χ4n) is 2.10. The summed E-state index contributed by atoms with van der Waals surface area (Å²) in [7, 11) is 0. The van der Waals surface area contributed by atoms with Gasteiger partial charge in [-0.3, -0.25) is 4.79 Å². The number of aliphatic carboxylic acids is 1. The normalized spacial score (nSPS) is 17.6. The van der Waals surface area contributed by atoms with Crippen molar-refractivity contribution in [2.75, 3.05) is 5.32 Å². The van der Waals surface area contributed by atoms with Gasteiger partial charge in [-0.15, -0.1) is 0 Å². The minimum atomic E-state index is -1.10. The van der Waals surface area contributed by atoms with Crippen molar-refractivity contribution in [2.24, 2.45) is 11.7 Å². The van der Waals surface area contributed by atoms with Crippen LogP contribution in [0.25, 0.3) is 0 Å². The van der Waals surface area contributed by atoms with Crippen molar-refractivity contribution in [3.8, 4) is 0 Å². The molecule has 1 aliphatic rings. The highest BCUT2D eigenvalue weighted by atomic mass is 35.5. The van der Waals surface area contributed by atoms with Crippen molar-refractivity contribution in [1.82, 2.24) is 0 Å². The van der Waals surface area contributed by atoms with Crippen LogP contribution in [0.3, 0.4) is 0 Å². The Morgan fingerprint density at radius 2 is 2.11 bits per heavy atom. The number of hydrogen-bond acceptors (Lipinski definition) is 3. The number of carboxylic acid groups (broad SMARTS) is 1. The predicted octanol–water partition coefficient (Wildman–Crippen LogP) is 2.10. The van der Waals surface area contributed by atoms with Crippen LogP contribution in [0.1, 0.15) is 30.1 Å². The van der Waals surface area contributed by atoms with E-state index in [1.165, 1.54) is 6.07 Å². The second-order valence-electron chi connectivity index (χ2n) is 4.96. The molecule has 1 saturated carbocycles. The largest absolute Gasteiger partial charge is 0.480 e. The molecule has 1 atom stereocenters. The van der Waals surface area contributed by atoms with Crippen LogP contribution in [0.4, 0.5) is 5.69 Å². The lowest BCUT2D eigenvalue weighted by molar-refractivity contribution is -0.142. The zero-order chi connectivity index (χ0) is 14.2. The van der Waals surface area contributed by atoms with Gasteiger partial charge >= 0.3 is 5.97 Å². The van der Waals surface area contributed by atoms with Crippen LogP contribution >= 0.6 is 11.6 Å². The standard InChI is InChI=1S/C13H15ClN2O3/c1-13(12(18)19,7-2-3-7)16-10-5-4-8(14)6-9(10)11(15)17/h4-7,16H,2-3H2,1H3,(H2,15,17)(H,18,19). The van der Waals surface area contributed by atoms with E-state index in [0.717, 1.165) is 12.8 Å². The van der Waals surface area contributed by atoms with Crippen LogP contribution in [-0.2, 0) is 4.79 Å². The lowest BCUT2D eigenvalue weighted by Gasteiger charge is -2.28. The third kappa shape index (κ3) is 2.66. The molecule has 0 spiro atoms. The van der Waals surface area contributed by atoms with Gasteiger partial charge in [0.25, 0.3) is 5.91 Å². The van der Waals surface area contributed by atoms with Gasteiger partial charge in [0.15, 0.2) is 0 Å². The van der Waals surface area contributed by atoms with Crippen LogP contribution in [0.15, 0.2) is 18.2 Å². The fraction of sp³-hybridized carbons (Fsp3) is 0.385. The van der Waals surface area contributed by atoms with Gasteiger partial charge in [0, 0.05) is 10.7 Å². The molecule has 0 radical (unpaired) electrons. The zero-order valence-corrected chi connectivity index (χ0v) is 11.2. The molecule has 0 saturated heterocycles. The minimum Gasteiger partial charge on any atom is -0.480 e. The van der Waals surface area contributed by atoms with Crippen molar-refractivity contribution in [1.29, 1.82) is 0 Å². The average Bonchev–Trinajstić information content (AvgIpc) is 3.15. The topological polar surface area (TPSA) is 92.4 Å². The molecule has 1 aromatic carbocycles. The number of carboxylic acids is 1. The second kappa shape index (κ2) is 4.74. The first-order valence-electron chi connectivity index (χ1n) is 5.95. The molecule has 19 heavy (non-hydrogen) atoms. The maximum atomic E-state index is 11.5. The Hall–Kier alpha value is -1.75. The van der Waals surface area contributed by atoms with E-state index in [9.17, 15) is 14.7 Å². The molecule has 0 aliphatic heterocycles. The summed E-state index contributed by atoms with van der Waals surface area (Å²) in [4.78, 5) is 22.8.